The van der Waals surface area contributed by atoms with E-state index in [0.717, 1.165) is 0 Å². The van der Waals surface area contributed by atoms with Crippen LogP contribution in [-0.4, -0.2) is 24.7 Å². The van der Waals surface area contributed by atoms with Gasteiger partial charge in [0, 0.05) is 29.6 Å². The van der Waals surface area contributed by atoms with Crippen LogP contribution in [0, 0.1) is 5.82 Å². The number of ketones is 2. The zero-order valence-electron chi connectivity index (χ0n) is 16.2. The Balaban J connectivity index is 2.44. The lowest BCUT2D eigenvalue weighted by Gasteiger charge is -2.24. The summed E-state index contributed by atoms with van der Waals surface area (Å²) in [5.74, 6) is -0.729. The molecule has 2 atom stereocenters. The molecule has 0 amide bonds. The van der Waals surface area contributed by atoms with Crippen molar-refractivity contribution in [2.75, 3.05) is 7.11 Å². The Kier molecular flexibility index (Phi) is 7.25. The van der Waals surface area contributed by atoms with Crippen LogP contribution < -0.4 is 10.1 Å². The predicted molar refractivity (Wildman–Crippen MR) is 104 cm³/mol. The first-order chi connectivity index (χ1) is 12.9. The summed E-state index contributed by atoms with van der Waals surface area (Å²) in [6.07, 6.45) is 0.981. The van der Waals surface area contributed by atoms with Crippen LogP contribution in [0.5, 0.6) is 5.75 Å². The minimum Gasteiger partial charge on any atom is -0.496 e. The molecule has 4 nitrogen and oxygen atoms in total. The van der Waals surface area contributed by atoms with Crippen molar-refractivity contribution in [3.05, 3.63) is 65.0 Å². The normalized spacial score (nSPS) is 13.1. The van der Waals surface area contributed by atoms with Gasteiger partial charge in [-0.3, -0.25) is 9.59 Å². The minimum atomic E-state index is -0.586. The predicted octanol–water partition coefficient (Wildman–Crippen LogP) is 4.47. The monoisotopic (exact) mass is 371 g/mol. The molecule has 0 bridgehead atoms. The fraction of sp³-hybridized carbons (Fsp3) is 0.364. The fourth-order valence-electron chi connectivity index (χ4n) is 3.22. The van der Waals surface area contributed by atoms with E-state index in [2.05, 4.69) is 5.32 Å². The number of carbonyl (C=O) groups is 2. The van der Waals surface area contributed by atoms with Gasteiger partial charge in [-0.2, -0.15) is 0 Å². The molecule has 2 aromatic carbocycles. The molecule has 2 aromatic rings. The Hall–Kier alpha value is -2.53. The lowest BCUT2D eigenvalue weighted by molar-refractivity contribution is -0.117. The van der Waals surface area contributed by atoms with Crippen molar-refractivity contribution in [1.29, 1.82) is 0 Å². The van der Waals surface area contributed by atoms with Crippen molar-refractivity contribution in [3.63, 3.8) is 0 Å². The zero-order chi connectivity index (χ0) is 20.0. The van der Waals surface area contributed by atoms with Crippen LogP contribution in [-0.2, 0) is 4.79 Å². The number of rotatable bonds is 9. The second-order valence-corrected chi connectivity index (χ2v) is 6.68. The standard InChI is InChI=1S/C22H26FNO3/c1-5-18(24-14(2)13-15(3)25)17-11-12-19(27-4)20(21(17)23)22(26)16-9-7-6-8-10-16/h6-12,14,18,24H,5,13H2,1-4H3/t14-,18+/m0/s1. The Labute approximate surface area is 159 Å². The third-order valence-corrected chi connectivity index (χ3v) is 4.48. The van der Waals surface area contributed by atoms with Gasteiger partial charge in [0.2, 0.25) is 0 Å². The Morgan fingerprint density at radius 3 is 2.37 bits per heavy atom. The smallest absolute Gasteiger partial charge is 0.199 e. The Morgan fingerprint density at radius 1 is 1.15 bits per heavy atom. The van der Waals surface area contributed by atoms with E-state index in [1.165, 1.54) is 14.0 Å². The summed E-state index contributed by atoms with van der Waals surface area (Å²) in [5, 5.41) is 3.29. The fourth-order valence-corrected chi connectivity index (χ4v) is 3.22. The lowest BCUT2D eigenvalue weighted by Crippen LogP contribution is -2.32. The van der Waals surface area contributed by atoms with Crippen LogP contribution in [0.1, 0.15) is 61.1 Å². The molecule has 5 heteroatoms. The van der Waals surface area contributed by atoms with Crippen LogP contribution in [0.4, 0.5) is 4.39 Å². The summed E-state index contributed by atoms with van der Waals surface area (Å²) >= 11 is 0. The average Bonchev–Trinajstić information content (AvgIpc) is 2.65. The number of hydrogen-bond acceptors (Lipinski definition) is 4. The minimum absolute atomic E-state index is 0.0688. The number of halogens is 1. The highest BCUT2D eigenvalue weighted by Crippen LogP contribution is 2.31. The number of ether oxygens (including phenoxy) is 1. The first-order valence-corrected chi connectivity index (χ1v) is 9.10. The molecule has 1 N–H and O–H groups in total. The van der Waals surface area contributed by atoms with E-state index in [1.807, 2.05) is 13.8 Å². The van der Waals surface area contributed by atoms with E-state index in [1.54, 1.807) is 42.5 Å². The highest BCUT2D eigenvalue weighted by Gasteiger charge is 2.25. The molecule has 0 aromatic heterocycles. The van der Waals surface area contributed by atoms with Crippen molar-refractivity contribution in [2.45, 2.75) is 45.7 Å². The summed E-state index contributed by atoms with van der Waals surface area (Å²) in [6, 6.07) is 11.4. The molecule has 27 heavy (non-hydrogen) atoms. The second kappa shape index (κ2) is 9.42. The van der Waals surface area contributed by atoms with Gasteiger partial charge in [0.1, 0.15) is 22.9 Å². The second-order valence-electron chi connectivity index (χ2n) is 6.68. The molecule has 0 saturated heterocycles. The average molecular weight is 371 g/mol. The molecular formula is C22H26FNO3. The number of nitrogens with one attached hydrogen (secondary N) is 1. The van der Waals surface area contributed by atoms with Gasteiger partial charge >= 0.3 is 0 Å². The van der Waals surface area contributed by atoms with Crippen LogP contribution >= 0.6 is 0 Å². The van der Waals surface area contributed by atoms with Crippen LogP contribution in [0.25, 0.3) is 0 Å². The zero-order valence-corrected chi connectivity index (χ0v) is 16.2. The molecule has 0 aliphatic carbocycles. The Morgan fingerprint density at radius 2 is 1.81 bits per heavy atom. The van der Waals surface area contributed by atoms with E-state index in [0.29, 0.717) is 24.0 Å². The maximum atomic E-state index is 15.4. The van der Waals surface area contributed by atoms with Gasteiger partial charge in [-0.1, -0.05) is 43.3 Å². The van der Waals surface area contributed by atoms with Crippen LogP contribution in [0.3, 0.4) is 0 Å². The molecule has 0 radical (unpaired) electrons. The van der Waals surface area contributed by atoms with Gasteiger partial charge in [-0.15, -0.1) is 0 Å². The highest BCUT2D eigenvalue weighted by atomic mass is 19.1. The van der Waals surface area contributed by atoms with Crippen molar-refractivity contribution in [3.8, 4) is 5.75 Å². The first kappa shape index (κ1) is 20.8. The largest absolute Gasteiger partial charge is 0.496 e. The van der Waals surface area contributed by atoms with E-state index in [-0.39, 0.29) is 29.2 Å². The van der Waals surface area contributed by atoms with Gasteiger partial charge in [0.25, 0.3) is 0 Å². The van der Waals surface area contributed by atoms with Gasteiger partial charge in [0.15, 0.2) is 5.78 Å². The lowest BCUT2D eigenvalue weighted by atomic mass is 9.95. The molecule has 0 heterocycles. The number of carbonyl (C=O) groups excluding carboxylic acids is 2. The molecule has 0 aliphatic heterocycles. The summed E-state index contributed by atoms with van der Waals surface area (Å²) in [7, 11) is 1.42. The molecular weight excluding hydrogens is 345 g/mol. The number of Topliss-reactive ketones (excluding diaryl/α,β-unsaturated/α-hetero) is 1. The number of methoxy groups -OCH3 is 1. The molecule has 144 valence electrons. The van der Waals surface area contributed by atoms with Crippen LogP contribution in [0.15, 0.2) is 42.5 Å². The highest BCUT2D eigenvalue weighted by molar-refractivity contribution is 6.11. The van der Waals surface area contributed by atoms with Crippen molar-refractivity contribution in [2.24, 2.45) is 0 Å². The quantitative estimate of drug-likeness (QED) is 0.661. The van der Waals surface area contributed by atoms with Crippen molar-refractivity contribution < 1.29 is 18.7 Å². The third kappa shape index (κ3) is 5.01. The third-order valence-electron chi connectivity index (χ3n) is 4.48. The molecule has 0 unspecified atom stereocenters. The molecule has 2 rings (SSSR count). The maximum Gasteiger partial charge on any atom is 0.199 e. The van der Waals surface area contributed by atoms with Gasteiger partial charge in [-0.25, -0.2) is 4.39 Å². The first-order valence-electron chi connectivity index (χ1n) is 9.10. The number of hydrogen-bond donors (Lipinski definition) is 1. The molecule has 0 saturated carbocycles. The van der Waals surface area contributed by atoms with Crippen LogP contribution in [0.2, 0.25) is 0 Å². The summed E-state index contributed by atoms with van der Waals surface area (Å²) in [5.41, 5.74) is 0.728. The van der Waals surface area contributed by atoms with E-state index in [4.69, 9.17) is 4.74 Å². The van der Waals surface area contributed by atoms with E-state index in [9.17, 15) is 9.59 Å². The van der Waals surface area contributed by atoms with Crippen molar-refractivity contribution in [1.82, 2.24) is 5.32 Å². The maximum absolute atomic E-state index is 15.4. The molecule has 0 spiro atoms. The summed E-state index contributed by atoms with van der Waals surface area (Å²) in [6.45, 7) is 5.35. The number of benzene rings is 2. The topological polar surface area (TPSA) is 55.4 Å². The SMILES string of the molecule is CC[C@@H](N[C@@H](C)CC(C)=O)c1ccc(OC)c(C(=O)c2ccccc2)c1F. The summed E-state index contributed by atoms with van der Waals surface area (Å²) in [4.78, 5) is 24.2. The van der Waals surface area contributed by atoms with Gasteiger partial charge in [0.05, 0.1) is 7.11 Å². The molecule has 0 fully saturated rings. The summed E-state index contributed by atoms with van der Waals surface area (Å²) < 4.78 is 20.6. The Bertz CT molecular complexity index is 805. The molecule has 0 aliphatic rings. The van der Waals surface area contributed by atoms with E-state index >= 15 is 4.39 Å². The van der Waals surface area contributed by atoms with Gasteiger partial charge < -0.3 is 10.1 Å². The van der Waals surface area contributed by atoms with Gasteiger partial charge in [-0.05, 0) is 26.3 Å². The van der Waals surface area contributed by atoms with E-state index < -0.39 is 11.6 Å². The van der Waals surface area contributed by atoms with Crippen molar-refractivity contribution >= 4 is 11.6 Å².